The maximum atomic E-state index is 5.39. The minimum atomic E-state index is 0.366. The van der Waals surface area contributed by atoms with E-state index in [-0.39, 0.29) is 0 Å². The molecule has 0 aliphatic carbocycles. The van der Waals surface area contributed by atoms with E-state index in [9.17, 15) is 0 Å². The predicted octanol–water partition coefficient (Wildman–Crippen LogP) is 4.29. The molecule has 1 aliphatic heterocycles. The topological polar surface area (TPSA) is 65.7 Å². The molecule has 2 N–H and O–H groups in total. The Morgan fingerprint density at radius 3 is 2.55 bits per heavy atom. The van der Waals surface area contributed by atoms with Gasteiger partial charge in [-0.2, -0.15) is 0 Å². The molecule has 0 atom stereocenters. The Kier molecular flexibility index (Phi) is 7.55. The van der Waals surface area contributed by atoms with E-state index in [0.717, 1.165) is 43.0 Å². The summed E-state index contributed by atoms with van der Waals surface area (Å²) in [6, 6.07) is 10.8. The number of hydrogen-bond acceptors (Lipinski definition) is 4. The van der Waals surface area contributed by atoms with Gasteiger partial charge in [0, 0.05) is 31.4 Å². The zero-order valence-electron chi connectivity index (χ0n) is 18.2. The van der Waals surface area contributed by atoms with Crippen molar-refractivity contribution in [1.82, 2.24) is 15.8 Å². The van der Waals surface area contributed by atoms with Crippen molar-refractivity contribution in [3.05, 3.63) is 47.3 Å². The molecule has 0 radical (unpaired) electrons. The number of guanidine groups is 1. The third-order valence-electron chi connectivity index (χ3n) is 5.45. The Labute approximate surface area is 174 Å². The van der Waals surface area contributed by atoms with Gasteiger partial charge in [0.05, 0.1) is 18.8 Å². The standard InChI is InChI=1S/C23H35N5O/c1-5-24-23(26-16-21-14-22(17(2)3)27-29-21)25-15-19-6-8-20(9-7-19)28-12-10-18(4)11-13-28/h6-9,14,17-18H,5,10-13,15-16H2,1-4H3,(H2,24,25,26). The van der Waals surface area contributed by atoms with Crippen molar-refractivity contribution in [1.29, 1.82) is 0 Å². The fraction of sp³-hybridized carbons (Fsp3) is 0.565. The first-order valence-corrected chi connectivity index (χ1v) is 10.9. The lowest BCUT2D eigenvalue weighted by Crippen LogP contribution is -2.36. The molecule has 1 aromatic carbocycles. The lowest BCUT2D eigenvalue weighted by molar-refractivity contribution is 0.372. The van der Waals surface area contributed by atoms with Gasteiger partial charge in [-0.3, -0.25) is 0 Å². The van der Waals surface area contributed by atoms with Crippen LogP contribution in [0.4, 0.5) is 5.69 Å². The Balaban J connectivity index is 1.54. The normalized spacial score (nSPS) is 15.8. The predicted molar refractivity (Wildman–Crippen MR) is 119 cm³/mol. The third-order valence-corrected chi connectivity index (χ3v) is 5.45. The summed E-state index contributed by atoms with van der Waals surface area (Å²) in [6.45, 7) is 13.0. The highest BCUT2D eigenvalue weighted by atomic mass is 16.5. The van der Waals surface area contributed by atoms with E-state index in [4.69, 9.17) is 9.52 Å². The number of piperidine rings is 1. The monoisotopic (exact) mass is 397 g/mol. The Hall–Kier alpha value is -2.50. The average molecular weight is 398 g/mol. The molecule has 6 heteroatoms. The molecular formula is C23H35N5O. The van der Waals surface area contributed by atoms with Crippen LogP contribution in [0.15, 0.2) is 39.8 Å². The van der Waals surface area contributed by atoms with Gasteiger partial charge in [0.25, 0.3) is 0 Å². The number of aromatic nitrogens is 1. The molecular weight excluding hydrogens is 362 g/mol. The number of anilines is 1. The van der Waals surface area contributed by atoms with E-state index in [1.54, 1.807) is 0 Å². The van der Waals surface area contributed by atoms with Crippen molar-refractivity contribution in [2.75, 3.05) is 24.5 Å². The van der Waals surface area contributed by atoms with Crippen molar-refractivity contribution in [2.45, 2.75) is 59.5 Å². The van der Waals surface area contributed by atoms with Crippen molar-refractivity contribution < 1.29 is 4.52 Å². The lowest BCUT2D eigenvalue weighted by atomic mass is 9.99. The quantitative estimate of drug-likeness (QED) is 0.539. The van der Waals surface area contributed by atoms with Crippen LogP contribution in [0.3, 0.4) is 0 Å². The summed E-state index contributed by atoms with van der Waals surface area (Å²) < 4.78 is 5.39. The summed E-state index contributed by atoms with van der Waals surface area (Å²) >= 11 is 0. The summed E-state index contributed by atoms with van der Waals surface area (Å²) in [5, 5.41) is 10.7. The number of benzene rings is 1. The molecule has 1 fully saturated rings. The molecule has 29 heavy (non-hydrogen) atoms. The van der Waals surface area contributed by atoms with E-state index >= 15 is 0 Å². The second-order valence-corrected chi connectivity index (χ2v) is 8.26. The molecule has 1 saturated heterocycles. The molecule has 0 saturated carbocycles. The van der Waals surface area contributed by atoms with Gasteiger partial charge >= 0.3 is 0 Å². The van der Waals surface area contributed by atoms with Gasteiger partial charge in [-0.15, -0.1) is 0 Å². The van der Waals surface area contributed by atoms with Gasteiger partial charge < -0.3 is 20.1 Å². The number of aliphatic imine (C=N–C) groups is 1. The van der Waals surface area contributed by atoms with Crippen LogP contribution in [0.5, 0.6) is 0 Å². The van der Waals surface area contributed by atoms with Crippen LogP contribution in [0, 0.1) is 5.92 Å². The van der Waals surface area contributed by atoms with E-state index in [1.165, 1.54) is 24.1 Å². The largest absolute Gasteiger partial charge is 0.372 e. The van der Waals surface area contributed by atoms with Gasteiger partial charge in [-0.25, -0.2) is 4.99 Å². The fourth-order valence-electron chi connectivity index (χ4n) is 3.45. The highest BCUT2D eigenvalue weighted by Crippen LogP contribution is 2.23. The van der Waals surface area contributed by atoms with Crippen LogP contribution in [0.25, 0.3) is 0 Å². The second kappa shape index (κ2) is 10.3. The van der Waals surface area contributed by atoms with Crippen LogP contribution in [-0.2, 0) is 13.1 Å². The van der Waals surface area contributed by atoms with Crippen molar-refractivity contribution in [3.8, 4) is 0 Å². The van der Waals surface area contributed by atoms with Gasteiger partial charge in [-0.1, -0.05) is 38.1 Å². The molecule has 6 nitrogen and oxygen atoms in total. The summed E-state index contributed by atoms with van der Waals surface area (Å²) in [7, 11) is 0. The Bertz CT molecular complexity index is 773. The maximum absolute atomic E-state index is 5.39. The van der Waals surface area contributed by atoms with Crippen LogP contribution in [0.2, 0.25) is 0 Å². The lowest BCUT2D eigenvalue weighted by Gasteiger charge is -2.32. The molecule has 1 aliphatic rings. The molecule has 1 aromatic heterocycles. The Morgan fingerprint density at radius 2 is 1.93 bits per heavy atom. The maximum Gasteiger partial charge on any atom is 0.191 e. The SMILES string of the molecule is CCNC(=NCc1ccc(N2CCC(C)CC2)cc1)NCc1cc(C(C)C)no1. The molecule has 0 unspecified atom stereocenters. The summed E-state index contributed by atoms with van der Waals surface area (Å²) in [5.74, 6) is 2.82. The number of nitrogens with one attached hydrogen (secondary N) is 2. The van der Waals surface area contributed by atoms with E-state index < -0.39 is 0 Å². The molecule has 3 rings (SSSR count). The number of rotatable bonds is 7. The van der Waals surface area contributed by atoms with Gasteiger partial charge in [0.15, 0.2) is 11.7 Å². The summed E-state index contributed by atoms with van der Waals surface area (Å²) in [6.07, 6.45) is 2.57. The van der Waals surface area contributed by atoms with Crippen molar-refractivity contribution in [3.63, 3.8) is 0 Å². The zero-order valence-corrected chi connectivity index (χ0v) is 18.2. The fourth-order valence-corrected chi connectivity index (χ4v) is 3.45. The zero-order chi connectivity index (χ0) is 20.6. The van der Waals surface area contributed by atoms with Crippen molar-refractivity contribution >= 4 is 11.6 Å². The van der Waals surface area contributed by atoms with Crippen LogP contribution in [0.1, 0.15) is 63.5 Å². The molecule has 2 heterocycles. The number of nitrogens with zero attached hydrogens (tertiary/aromatic N) is 3. The van der Waals surface area contributed by atoms with Gasteiger partial charge in [-0.05, 0) is 49.3 Å². The summed E-state index contributed by atoms with van der Waals surface area (Å²) in [5.41, 5.74) is 3.51. The first kappa shape index (κ1) is 21.2. The average Bonchev–Trinajstić information content (AvgIpc) is 3.21. The first-order valence-electron chi connectivity index (χ1n) is 10.9. The molecule has 2 aromatic rings. The molecule has 0 amide bonds. The first-order chi connectivity index (χ1) is 14.0. The highest BCUT2D eigenvalue weighted by molar-refractivity contribution is 5.79. The highest BCUT2D eigenvalue weighted by Gasteiger charge is 2.15. The molecule has 158 valence electrons. The number of hydrogen-bond donors (Lipinski definition) is 2. The van der Waals surface area contributed by atoms with E-state index in [2.05, 4.69) is 72.7 Å². The smallest absolute Gasteiger partial charge is 0.191 e. The van der Waals surface area contributed by atoms with Crippen LogP contribution < -0.4 is 15.5 Å². The molecule has 0 spiro atoms. The van der Waals surface area contributed by atoms with Crippen molar-refractivity contribution in [2.24, 2.45) is 10.9 Å². The second-order valence-electron chi connectivity index (χ2n) is 8.26. The van der Waals surface area contributed by atoms with Gasteiger partial charge in [0.2, 0.25) is 0 Å². The summed E-state index contributed by atoms with van der Waals surface area (Å²) in [4.78, 5) is 7.20. The van der Waals surface area contributed by atoms with Gasteiger partial charge in [0.1, 0.15) is 0 Å². The van der Waals surface area contributed by atoms with E-state index in [1.807, 2.05) is 6.07 Å². The minimum Gasteiger partial charge on any atom is -0.372 e. The molecule has 0 bridgehead atoms. The Morgan fingerprint density at radius 1 is 1.21 bits per heavy atom. The van der Waals surface area contributed by atoms with Crippen LogP contribution in [-0.4, -0.2) is 30.8 Å². The van der Waals surface area contributed by atoms with E-state index in [0.29, 0.717) is 19.0 Å². The minimum absolute atomic E-state index is 0.366. The van der Waals surface area contributed by atoms with Crippen LogP contribution >= 0.6 is 0 Å². The third kappa shape index (κ3) is 6.24.